The van der Waals surface area contributed by atoms with E-state index in [9.17, 15) is 0 Å². The van der Waals surface area contributed by atoms with Crippen LogP contribution in [0.3, 0.4) is 0 Å². The van der Waals surface area contributed by atoms with Gasteiger partial charge in [0.15, 0.2) is 0 Å². The lowest BCUT2D eigenvalue weighted by Gasteiger charge is -2.33. The lowest BCUT2D eigenvalue weighted by atomic mass is 9.69. The van der Waals surface area contributed by atoms with Crippen molar-refractivity contribution in [1.82, 2.24) is 0 Å². The molecule has 2 aliphatic carbocycles. The Labute approximate surface area is 415 Å². The van der Waals surface area contributed by atoms with Gasteiger partial charge < -0.3 is 9.32 Å². The van der Waals surface area contributed by atoms with Crippen LogP contribution >= 0.6 is 0 Å². The summed E-state index contributed by atoms with van der Waals surface area (Å²) in [5.41, 5.74) is 22.7. The first-order valence-corrected chi connectivity index (χ1v) is 25.2. The number of hydrogen-bond acceptors (Lipinski definition) is 2. The third kappa shape index (κ3) is 6.34. The second-order valence-electron chi connectivity index (χ2n) is 20.4. The zero-order valence-electron chi connectivity index (χ0n) is 40.4. The van der Waals surface area contributed by atoms with Crippen molar-refractivity contribution >= 4 is 60.5 Å². The molecule has 0 radical (unpaired) electrons. The first kappa shape index (κ1) is 41.5. The van der Waals surface area contributed by atoms with Crippen molar-refractivity contribution in [3.05, 3.63) is 258 Å². The zero-order valence-corrected chi connectivity index (χ0v) is 40.4. The molecule has 0 saturated heterocycles. The molecule has 1 spiro atoms. The zero-order chi connectivity index (χ0) is 47.5. The molecule has 2 heteroatoms. The van der Waals surface area contributed by atoms with Gasteiger partial charge in [0, 0.05) is 33.9 Å². The van der Waals surface area contributed by atoms with Crippen LogP contribution in [-0.4, -0.2) is 0 Å². The summed E-state index contributed by atoms with van der Waals surface area (Å²) in [5, 5.41) is 7.21. The van der Waals surface area contributed by atoms with Crippen LogP contribution in [0, 0.1) is 0 Å². The molecule has 0 saturated carbocycles. The number of benzene rings is 11. The normalized spacial score (nSPS) is 13.2. The Morgan fingerprint density at radius 1 is 0.324 bits per heavy atom. The van der Waals surface area contributed by atoms with Gasteiger partial charge in [-0.25, -0.2) is 0 Å². The summed E-state index contributed by atoms with van der Waals surface area (Å²) < 4.78 is 6.58. The van der Waals surface area contributed by atoms with Crippen LogP contribution in [0.4, 0.5) is 17.1 Å². The van der Waals surface area contributed by atoms with Crippen molar-refractivity contribution < 1.29 is 4.42 Å². The maximum absolute atomic E-state index is 6.58. The van der Waals surface area contributed by atoms with E-state index in [4.69, 9.17) is 4.42 Å². The van der Waals surface area contributed by atoms with Crippen molar-refractivity contribution in [3.63, 3.8) is 0 Å². The molecule has 1 aromatic heterocycles. The van der Waals surface area contributed by atoms with Gasteiger partial charge in [0.05, 0.1) is 5.41 Å². The Bertz CT molecular complexity index is 4070. The van der Waals surface area contributed by atoms with E-state index >= 15 is 0 Å². The Morgan fingerprint density at radius 3 is 1.46 bits per heavy atom. The van der Waals surface area contributed by atoms with Crippen LogP contribution in [0.5, 0.6) is 0 Å². The third-order valence-electron chi connectivity index (χ3n) is 15.8. The van der Waals surface area contributed by atoms with E-state index in [-0.39, 0.29) is 0 Å². The average molecular weight is 910 g/mol. The van der Waals surface area contributed by atoms with Crippen molar-refractivity contribution in [2.75, 3.05) is 4.90 Å². The largest absolute Gasteiger partial charge is 0.456 e. The van der Waals surface area contributed by atoms with Crippen molar-refractivity contribution in [1.29, 1.82) is 0 Å². The fraction of sp³-hybridized carbons (Fsp3) is 0.101. The Kier molecular flexibility index (Phi) is 9.23. The van der Waals surface area contributed by atoms with Crippen molar-refractivity contribution in [3.8, 4) is 44.5 Å². The number of hydrogen-bond donors (Lipinski definition) is 0. The quantitative estimate of drug-likeness (QED) is 0.158. The first-order valence-electron chi connectivity index (χ1n) is 25.2. The van der Waals surface area contributed by atoms with E-state index in [1.54, 1.807) is 0 Å². The highest BCUT2D eigenvalue weighted by molar-refractivity contribution is 6.06. The summed E-state index contributed by atoms with van der Waals surface area (Å²) >= 11 is 0. The summed E-state index contributed by atoms with van der Waals surface area (Å²) in [6, 6.07) is 84.1. The molecular formula is C69H51NO. The predicted molar refractivity (Wildman–Crippen MR) is 299 cm³/mol. The molecule has 14 rings (SSSR count). The molecule has 0 N–H and O–H groups in total. The highest BCUT2D eigenvalue weighted by Crippen LogP contribution is 2.64. The van der Waals surface area contributed by atoms with Crippen LogP contribution in [0.1, 0.15) is 72.9 Å². The van der Waals surface area contributed by atoms with Crippen molar-refractivity contribution in [2.24, 2.45) is 0 Å². The summed E-state index contributed by atoms with van der Waals surface area (Å²) in [5.74, 6) is 0.787. The third-order valence-corrected chi connectivity index (χ3v) is 15.8. The van der Waals surface area contributed by atoms with Crippen LogP contribution in [0.25, 0.3) is 88.0 Å². The van der Waals surface area contributed by atoms with Crippen LogP contribution < -0.4 is 4.90 Å². The van der Waals surface area contributed by atoms with Gasteiger partial charge in [-0.1, -0.05) is 185 Å². The van der Waals surface area contributed by atoms with Gasteiger partial charge in [0.1, 0.15) is 11.2 Å². The van der Waals surface area contributed by atoms with E-state index in [0.717, 1.165) is 39.0 Å². The lowest BCUT2D eigenvalue weighted by Crippen LogP contribution is -2.26. The standard InChI is InChI=1S/C69H51NO/c1-42(2)46-25-31-58-59-32-26-47(43(3)4)39-65(59)69(64(58)38-46)63-15-9-7-13-57(63)60-33-29-55(40-66(60)69)70(56-30-34-62-61-14-8-10-16-67(61)71-68(62)41-56)54-27-23-45(24-28-54)49-19-20-52-37-53(22-21-51(52)36-49)50-18-17-44-11-5-6-12-48(44)35-50/h5-43H,1-4H3. The number of fused-ring (bicyclic) bond motifs is 15. The van der Waals surface area contributed by atoms with E-state index in [1.807, 2.05) is 6.07 Å². The smallest absolute Gasteiger partial charge is 0.137 e. The van der Waals surface area contributed by atoms with Crippen LogP contribution in [-0.2, 0) is 5.41 Å². The Balaban J connectivity index is 0.922. The summed E-state index contributed by atoms with van der Waals surface area (Å²) in [6.45, 7) is 9.25. The molecule has 0 unspecified atom stereocenters. The summed E-state index contributed by atoms with van der Waals surface area (Å²) in [7, 11) is 0. The van der Waals surface area contributed by atoms with E-state index < -0.39 is 5.41 Å². The van der Waals surface area contributed by atoms with Crippen LogP contribution in [0.2, 0.25) is 0 Å². The predicted octanol–water partition coefficient (Wildman–Crippen LogP) is 19.3. The molecular weight excluding hydrogens is 859 g/mol. The fourth-order valence-corrected chi connectivity index (χ4v) is 12.1. The molecule has 0 atom stereocenters. The van der Waals surface area contributed by atoms with Gasteiger partial charge >= 0.3 is 0 Å². The maximum atomic E-state index is 6.58. The van der Waals surface area contributed by atoms with E-state index in [1.165, 1.54) is 99.4 Å². The number of para-hydroxylation sites is 1. The molecule has 0 bridgehead atoms. The van der Waals surface area contributed by atoms with E-state index in [2.05, 4.69) is 251 Å². The SMILES string of the molecule is CC(C)c1ccc2c(c1)C1(c3ccccc3-c3ccc(N(c4ccc(-c5ccc6cc(-c7ccc8ccccc8c7)ccc6c5)cc4)c4ccc5c(c4)oc4ccccc45)cc31)c1cc(C(C)C)ccc1-2. The number of nitrogens with zero attached hydrogens (tertiary/aromatic N) is 1. The van der Waals surface area contributed by atoms with Crippen molar-refractivity contribution in [2.45, 2.75) is 44.9 Å². The molecule has 71 heavy (non-hydrogen) atoms. The number of furan rings is 1. The van der Waals surface area contributed by atoms with Gasteiger partial charge in [0.2, 0.25) is 0 Å². The fourth-order valence-electron chi connectivity index (χ4n) is 12.1. The summed E-state index contributed by atoms with van der Waals surface area (Å²) in [4.78, 5) is 2.42. The maximum Gasteiger partial charge on any atom is 0.137 e. The second kappa shape index (κ2) is 15.8. The minimum absolute atomic E-state index is 0.393. The van der Waals surface area contributed by atoms with Gasteiger partial charge in [0.25, 0.3) is 0 Å². The molecule has 338 valence electrons. The first-order chi connectivity index (χ1) is 34.8. The molecule has 2 nitrogen and oxygen atoms in total. The lowest BCUT2D eigenvalue weighted by molar-refractivity contribution is 0.669. The highest BCUT2D eigenvalue weighted by Gasteiger charge is 2.52. The molecule has 2 aliphatic rings. The van der Waals surface area contributed by atoms with Gasteiger partial charge in [-0.3, -0.25) is 0 Å². The highest BCUT2D eigenvalue weighted by atomic mass is 16.3. The van der Waals surface area contributed by atoms with Crippen LogP contribution in [0.15, 0.2) is 229 Å². The second-order valence-corrected chi connectivity index (χ2v) is 20.4. The monoisotopic (exact) mass is 909 g/mol. The molecule has 12 aromatic rings. The molecule has 0 aliphatic heterocycles. The molecule has 1 heterocycles. The number of rotatable bonds is 7. The average Bonchev–Trinajstić information content (AvgIpc) is 4.06. The van der Waals surface area contributed by atoms with E-state index in [0.29, 0.717) is 11.8 Å². The minimum atomic E-state index is -0.493. The molecule has 11 aromatic carbocycles. The minimum Gasteiger partial charge on any atom is -0.456 e. The van der Waals surface area contributed by atoms with Gasteiger partial charge in [-0.2, -0.15) is 0 Å². The Morgan fingerprint density at radius 2 is 0.789 bits per heavy atom. The Hall–Kier alpha value is -8.46. The van der Waals surface area contributed by atoms with Gasteiger partial charge in [-0.05, 0) is 172 Å². The molecule has 0 fully saturated rings. The van der Waals surface area contributed by atoms with Gasteiger partial charge in [-0.15, -0.1) is 0 Å². The summed E-state index contributed by atoms with van der Waals surface area (Å²) in [6.07, 6.45) is 0. The molecule has 0 amide bonds. The number of anilines is 3. The topological polar surface area (TPSA) is 16.4 Å².